The molecule has 1 aromatic heterocycles. The maximum atomic E-state index is 12.8. The van der Waals surface area contributed by atoms with Gasteiger partial charge in [0.15, 0.2) is 18.3 Å². The summed E-state index contributed by atoms with van der Waals surface area (Å²) < 4.78 is 23.2. The van der Waals surface area contributed by atoms with E-state index in [1.807, 2.05) is 6.92 Å². The Hall–Kier alpha value is -2.48. The number of unbranched alkanes of at least 4 members (excludes halogenated alkanes) is 1. The SMILES string of the molecule is CCCCO[C@]1(O)[C@@H](COC(C)=O)O[C@@H](n2c3c(sc2=O)CN=C(N)N3)[C@@H]1OC(C)=O. The van der Waals surface area contributed by atoms with Crippen molar-refractivity contribution in [3.05, 3.63) is 14.5 Å². The van der Waals surface area contributed by atoms with Crippen LogP contribution in [0.25, 0.3) is 0 Å². The van der Waals surface area contributed by atoms with E-state index in [1.165, 1.54) is 11.5 Å². The number of aliphatic imine (C=N–C) groups is 1. The first kappa shape index (κ1) is 23.2. The number of fused-ring (bicyclic) bond motifs is 1. The largest absolute Gasteiger partial charge is 0.463 e. The van der Waals surface area contributed by atoms with E-state index in [2.05, 4.69) is 10.3 Å². The summed E-state index contributed by atoms with van der Waals surface area (Å²) >= 11 is 0.922. The Kier molecular flexibility index (Phi) is 6.99. The highest BCUT2D eigenvalue weighted by Crippen LogP contribution is 2.42. The van der Waals surface area contributed by atoms with Crippen molar-refractivity contribution >= 4 is 35.1 Å². The van der Waals surface area contributed by atoms with Crippen LogP contribution < -0.4 is 15.9 Å². The van der Waals surface area contributed by atoms with E-state index in [0.29, 0.717) is 17.1 Å². The molecule has 4 atom stereocenters. The molecule has 0 aromatic carbocycles. The van der Waals surface area contributed by atoms with Crippen molar-refractivity contribution in [3.63, 3.8) is 0 Å². The van der Waals surface area contributed by atoms with Crippen LogP contribution in [0.4, 0.5) is 5.82 Å². The van der Waals surface area contributed by atoms with Crippen LogP contribution in [0.2, 0.25) is 0 Å². The third-order valence-corrected chi connectivity index (χ3v) is 5.74. The van der Waals surface area contributed by atoms with Gasteiger partial charge in [-0.15, -0.1) is 0 Å². The zero-order valence-corrected chi connectivity index (χ0v) is 18.3. The van der Waals surface area contributed by atoms with Crippen LogP contribution in [0.1, 0.15) is 44.7 Å². The molecule has 13 heteroatoms. The summed E-state index contributed by atoms with van der Waals surface area (Å²) in [5.74, 6) is -3.04. The van der Waals surface area contributed by atoms with Crippen molar-refractivity contribution in [2.75, 3.05) is 18.5 Å². The fourth-order valence-corrected chi connectivity index (χ4v) is 4.24. The normalized spacial score (nSPS) is 27.2. The van der Waals surface area contributed by atoms with Gasteiger partial charge in [-0.2, -0.15) is 0 Å². The van der Waals surface area contributed by atoms with Crippen LogP contribution in [0.3, 0.4) is 0 Å². The molecule has 0 saturated carbocycles. The van der Waals surface area contributed by atoms with E-state index in [0.717, 1.165) is 24.7 Å². The molecule has 1 aromatic rings. The maximum absolute atomic E-state index is 12.8. The molecule has 1 saturated heterocycles. The molecule has 0 unspecified atom stereocenters. The van der Waals surface area contributed by atoms with Gasteiger partial charge in [-0.3, -0.25) is 19.0 Å². The first-order valence-electron chi connectivity index (χ1n) is 9.80. The molecule has 2 aliphatic heterocycles. The van der Waals surface area contributed by atoms with Gasteiger partial charge in [0.2, 0.25) is 11.9 Å². The van der Waals surface area contributed by atoms with Crippen LogP contribution in [0.15, 0.2) is 9.79 Å². The lowest BCUT2D eigenvalue weighted by Crippen LogP contribution is -2.53. The minimum atomic E-state index is -2.16. The van der Waals surface area contributed by atoms with Crippen molar-refractivity contribution in [2.45, 2.75) is 64.4 Å². The summed E-state index contributed by atoms with van der Waals surface area (Å²) in [5.41, 5.74) is 5.75. The van der Waals surface area contributed by atoms with Crippen LogP contribution in [-0.4, -0.2) is 58.8 Å². The Morgan fingerprint density at radius 3 is 2.81 bits per heavy atom. The summed E-state index contributed by atoms with van der Waals surface area (Å²) in [4.78, 5) is 40.2. The predicted octanol–water partition coefficient (Wildman–Crippen LogP) is 0.0475. The number of nitrogens with two attached hydrogens (primary N) is 1. The van der Waals surface area contributed by atoms with Crippen LogP contribution in [0, 0.1) is 0 Å². The number of hydrogen-bond acceptors (Lipinski definition) is 12. The van der Waals surface area contributed by atoms with E-state index >= 15 is 0 Å². The number of guanidine groups is 1. The number of carbonyl (C=O) groups excluding carboxylic acids is 2. The van der Waals surface area contributed by atoms with Gasteiger partial charge in [-0.25, -0.2) is 4.99 Å². The average Bonchev–Trinajstić information content (AvgIpc) is 3.14. The Labute approximate surface area is 181 Å². The minimum absolute atomic E-state index is 0.104. The van der Waals surface area contributed by atoms with Crippen molar-refractivity contribution in [3.8, 4) is 0 Å². The van der Waals surface area contributed by atoms with Gasteiger partial charge in [-0.1, -0.05) is 24.7 Å². The number of aromatic nitrogens is 1. The Morgan fingerprint density at radius 2 is 2.16 bits per heavy atom. The molecule has 4 N–H and O–H groups in total. The average molecular weight is 458 g/mol. The number of esters is 2. The number of aliphatic hydroxyl groups is 1. The molecular weight excluding hydrogens is 432 g/mol. The van der Waals surface area contributed by atoms with Gasteiger partial charge in [0.25, 0.3) is 0 Å². The fraction of sp³-hybridized carbons (Fsp3) is 0.667. The predicted molar refractivity (Wildman–Crippen MR) is 109 cm³/mol. The summed E-state index contributed by atoms with van der Waals surface area (Å²) in [7, 11) is 0. The molecule has 1 fully saturated rings. The summed E-state index contributed by atoms with van der Waals surface area (Å²) in [6.07, 6.45) is -2.50. The summed E-state index contributed by atoms with van der Waals surface area (Å²) in [5, 5.41) is 14.2. The number of nitrogens with one attached hydrogen (secondary N) is 1. The molecule has 0 spiro atoms. The summed E-state index contributed by atoms with van der Waals surface area (Å²) in [6.45, 7) is 4.27. The van der Waals surface area contributed by atoms with E-state index < -0.39 is 41.0 Å². The molecule has 3 rings (SSSR count). The Morgan fingerprint density at radius 1 is 1.42 bits per heavy atom. The van der Waals surface area contributed by atoms with Crippen molar-refractivity contribution in [2.24, 2.45) is 10.7 Å². The van der Waals surface area contributed by atoms with E-state index in [1.54, 1.807) is 0 Å². The smallest absolute Gasteiger partial charge is 0.311 e. The highest BCUT2D eigenvalue weighted by molar-refractivity contribution is 7.09. The van der Waals surface area contributed by atoms with Gasteiger partial charge >= 0.3 is 16.8 Å². The zero-order chi connectivity index (χ0) is 22.8. The quantitative estimate of drug-likeness (QED) is 0.275. The lowest BCUT2D eigenvalue weighted by molar-refractivity contribution is -0.271. The molecule has 31 heavy (non-hydrogen) atoms. The van der Waals surface area contributed by atoms with Gasteiger partial charge in [0.1, 0.15) is 12.4 Å². The molecule has 0 radical (unpaired) electrons. The number of carbonyl (C=O) groups is 2. The molecule has 0 aliphatic carbocycles. The van der Waals surface area contributed by atoms with Crippen LogP contribution in [-0.2, 0) is 35.1 Å². The van der Waals surface area contributed by atoms with Gasteiger partial charge in [0, 0.05) is 13.8 Å². The lowest BCUT2D eigenvalue weighted by Gasteiger charge is -2.32. The third kappa shape index (κ3) is 4.74. The fourth-order valence-electron chi connectivity index (χ4n) is 3.36. The van der Waals surface area contributed by atoms with Crippen molar-refractivity contribution in [1.82, 2.24) is 4.57 Å². The summed E-state index contributed by atoms with van der Waals surface area (Å²) in [6, 6.07) is 0. The topological polar surface area (TPSA) is 164 Å². The number of ether oxygens (including phenoxy) is 4. The number of anilines is 1. The van der Waals surface area contributed by atoms with Crippen LogP contribution in [0.5, 0.6) is 0 Å². The van der Waals surface area contributed by atoms with Crippen LogP contribution >= 0.6 is 11.3 Å². The molecular formula is C18H26N4O8S. The maximum Gasteiger partial charge on any atom is 0.311 e. The van der Waals surface area contributed by atoms with Crippen molar-refractivity contribution in [1.29, 1.82) is 0 Å². The number of hydrogen-bond donors (Lipinski definition) is 3. The van der Waals surface area contributed by atoms with E-state index in [9.17, 15) is 19.5 Å². The highest BCUT2D eigenvalue weighted by Gasteiger charge is 2.61. The first-order valence-corrected chi connectivity index (χ1v) is 10.6. The second kappa shape index (κ2) is 9.34. The molecule has 0 amide bonds. The second-order valence-corrected chi connectivity index (χ2v) is 8.18. The lowest BCUT2D eigenvalue weighted by atomic mass is 10.1. The molecule has 12 nitrogen and oxygen atoms in total. The number of thiazole rings is 1. The Bertz CT molecular complexity index is 928. The molecule has 0 bridgehead atoms. The van der Waals surface area contributed by atoms with Gasteiger partial charge in [0.05, 0.1) is 18.0 Å². The van der Waals surface area contributed by atoms with Crippen molar-refractivity contribution < 1.29 is 33.6 Å². The highest BCUT2D eigenvalue weighted by atomic mass is 32.1. The minimum Gasteiger partial charge on any atom is -0.463 e. The van der Waals surface area contributed by atoms with E-state index in [4.69, 9.17) is 24.7 Å². The Balaban J connectivity index is 2.03. The zero-order valence-electron chi connectivity index (χ0n) is 17.5. The first-order chi connectivity index (χ1) is 14.7. The standard InChI is InChI=1S/C18H26N4O8S/c1-4-5-6-28-18(26)12(8-27-9(2)23)30-15(13(18)29-10(3)24)22-14-11(31-17(22)25)7-20-16(19)21-14/h12-13,15,26H,4-8H2,1-3H3,(H3,19,20,21)/t12-,13+,15-,18-/m1/s1. The monoisotopic (exact) mass is 458 g/mol. The van der Waals surface area contributed by atoms with Gasteiger partial charge in [-0.05, 0) is 6.42 Å². The number of rotatable bonds is 8. The molecule has 172 valence electrons. The van der Waals surface area contributed by atoms with Gasteiger partial charge < -0.3 is 35.1 Å². The second-order valence-electron chi connectivity index (χ2n) is 7.14. The molecule has 3 heterocycles. The van der Waals surface area contributed by atoms with E-state index in [-0.39, 0.29) is 25.7 Å². The third-order valence-electron chi connectivity index (χ3n) is 4.80. The number of nitrogens with zero attached hydrogens (tertiary/aromatic N) is 2. The molecule has 2 aliphatic rings.